The van der Waals surface area contributed by atoms with E-state index in [2.05, 4.69) is 17.4 Å². The molecule has 0 saturated heterocycles. The number of nitrogens with zero attached hydrogens (tertiary/aromatic N) is 2. The molecule has 3 atom stereocenters. The van der Waals surface area contributed by atoms with Crippen LogP contribution in [0, 0.1) is 11.8 Å². The highest BCUT2D eigenvalue weighted by Gasteiger charge is 2.29. The molecule has 1 saturated carbocycles. The zero-order chi connectivity index (χ0) is 10.8. The van der Waals surface area contributed by atoms with E-state index >= 15 is 0 Å². The molecule has 1 aliphatic rings. The predicted molar refractivity (Wildman–Crippen MR) is 59.8 cm³/mol. The van der Waals surface area contributed by atoms with Gasteiger partial charge in [-0.2, -0.15) is 5.10 Å². The Bertz CT molecular complexity index is 320. The SMILES string of the molecule is CC1CCC(C(NN)c2cnn(C)c2)C1. The third-order valence-corrected chi connectivity index (χ3v) is 3.47. The molecule has 0 aromatic carbocycles. The van der Waals surface area contributed by atoms with Gasteiger partial charge < -0.3 is 0 Å². The molecule has 3 unspecified atom stereocenters. The highest BCUT2D eigenvalue weighted by Crippen LogP contribution is 2.38. The van der Waals surface area contributed by atoms with Gasteiger partial charge in [-0.3, -0.25) is 16.0 Å². The number of nitrogens with one attached hydrogen (secondary N) is 1. The van der Waals surface area contributed by atoms with Gasteiger partial charge in [-0.25, -0.2) is 0 Å². The Morgan fingerprint density at radius 3 is 2.87 bits per heavy atom. The Hall–Kier alpha value is -0.870. The molecule has 1 heterocycles. The first kappa shape index (κ1) is 10.6. The van der Waals surface area contributed by atoms with E-state index in [1.54, 1.807) is 0 Å². The summed E-state index contributed by atoms with van der Waals surface area (Å²) in [5.41, 5.74) is 4.15. The first-order chi connectivity index (χ1) is 7.20. The molecule has 0 spiro atoms. The van der Waals surface area contributed by atoms with Gasteiger partial charge in [0.15, 0.2) is 0 Å². The summed E-state index contributed by atoms with van der Waals surface area (Å²) >= 11 is 0. The standard InChI is InChI=1S/C11H20N4/c1-8-3-4-9(5-8)11(14-12)10-6-13-15(2)7-10/h6-9,11,14H,3-5,12H2,1-2H3. The summed E-state index contributed by atoms with van der Waals surface area (Å²) in [4.78, 5) is 0. The molecule has 4 heteroatoms. The van der Waals surface area contributed by atoms with Gasteiger partial charge in [-0.05, 0) is 24.7 Å². The van der Waals surface area contributed by atoms with Gasteiger partial charge in [0.25, 0.3) is 0 Å². The first-order valence-electron chi connectivity index (χ1n) is 5.65. The summed E-state index contributed by atoms with van der Waals surface area (Å²) in [6.07, 6.45) is 7.82. The van der Waals surface area contributed by atoms with E-state index in [0.717, 1.165) is 5.92 Å². The third-order valence-electron chi connectivity index (χ3n) is 3.47. The van der Waals surface area contributed by atoms with Crippen molar-refractivity contribution in [3.8, 4) is 0 Å². The van der Waals surface area contributed by atoms with Crippen molar-refractivity contribution in [2.45, 2.75) is 32.2 Å². The normalized spacial score (nSPS) is 28.2. The Morgan fingerprint density at radius 1 is 1.60 bits per heavy atom. The van der Waals surface area contributed by atoms with Crippen LogP contribution < -0.4 is 11.3 Å². The fourth-order valence-electron chi connectivity index (χ4n) is 2.66. The maximum absolute atomic E-state index is 5.65. The minimum Gasteiger partial charge on any atom is -0.275 e. The van der Waals surface area contributed by atoms with E-state index in [4.69, 9.17) is 5.84 Å². The molecular formula is C11H20N4. The van der Waals surface area contributed by atoms with Crippen molar-refractivity contribution >= 4 is 0 Å². The van der Waals surface area contributed by atoms with E-state index in [1.807, 2.05) is 24.1 Å². The third kappa shape index (κ3) is 2.21. The molecule has 15 heavy (non-hydrogen) atoms. The predicted octanol–water partition coefficient (Wildman–Crippen LogP) is 1.36. The topological polar surface area (TPSA) is 55.9 Å². The second-order valence-electron chi connectivity index (χ2n) is 4.77. The van der Waals surface area contributed by atoms with Crippen molar-refractivity contribution in [3.05, 3.63) is 18.0 Å². The molecule has 1 aliphatic carbocycles. The zero-order valence-corrected chi connectivity index (χ0v) is 9.48. The molecule has 84 valence electrons. The van der Waals surface area contributed by atoms with E-state index in [-0.39, 0.29) is 6.04 Å². The Morgan fingerprint density at radius 2 is 2.40 bits per heavy atom. The van der Waals surface area contributed by atoms with Crippen LogP contribution in [0.3, 0.4) is 0 Å². The largest absolute Gasteiger partial charge is 0.275 e. The maximum atomic E-state index is 5.65. The van der Waals surface area contributed by atoms with E-state index in [9.17, 15) is 0 Å². The van der Waals surface area contributed by atoms with Crippen LogP contribution in [0.25, 0.3) is 0 Å². The summed E-state index contributed by atoms with van der Waals surface area (Å²) in [7, 11) is 1.94. The van der Waals surface area contributed by atoms with Crippen LogP contribution in [0.1, 0.15) is 37.8 Å². The molecule has 4 nitrogen and oxygen atoms in total. The molecule has 0 radical (unpaired) electrons. The van der Waals surface area contributed by atoms with Gasteiger partial charge in [-0.1, -0.05) is 13.3 Å². The fourth-order valence-corrected chi connectivity index (χ4v) is 2.66. The lowest BCUT2D eigenvalue weighted by Crippen LogP contribution is -2.32. The van der Waals surface area contributed by atoms with Gasteiger partial charge in [0, 0.05) is 18.8 Å². The molecule has 0 bridgehead atoms. The van der Waals surface area contributed by atoms with E-state index in [1.165, 1.54) is 24.8 Å². The second kappa shape index (κ2) is 4.33. The van der Waals surface area contributed by atoms with Gasteiger partial charge in [0.2, 0.25) is 0 Å². The summed E-state index contributed by atoms with van der Waals surface area (Å²) in [6, 6.07) is 0.267. The molecular weight excluding hydrogens is 188 g/mol. The number of hydrazine groups is 1. The molecule has 3 N–H and O–H groups in total. The van der Waals surface area contributed by atoms with Crippen molar-refractivity contribution in [2.75, 3.05) is 0 Å². The number of hydrogen-bond acceptors (Lipinski definition) is 3. The fraction of sp³-hybridized carbons (Fsp3) is 0.727. The van der Waals surface area contributed by atoms with Gasteiger partial charge in [0.05, 0.1) is 12.2 Å². The summed E-state index contributed by atoms with van der Waals surface area (Å²) in [5, 5.41) is 4.20. The number of aromatic nitrogens is 2. The van der Waals surface area contributed by atoms with Crippen LogP contribution in [-0.2, 0) is 7.05 Å². The molecule has 0 aliphatic heterocycles. The number of rotatable bonds is 3. The van der Waals surface area contributed by atoms with Crippen LogP contribution in [0.2, 0.25) is 0 Å². The van der Waals surface area contributed by atoms with Gasteiger partial charge in [0.1, 0.15) is 0 Å². The minimum absolute atomic E-state index is 0.267. The lowest BCUT2D eigenvalue weighted by molar-refractivity contribution is 0.364. The van der Waals surface area contributed by atoms with Gasteiger partial charge in [-0.15, -0.1) is 0 Å². The Labute approximate surface area is 90.8 Å². The lowest BCUT2D eigenvalue weighted by Gasteiger charge is -2.21. The Balaban J connectivity index is 2.10. The summed E-state index contributed by atoms with van der Waals surface area (Å²) < 4.78 is 1.83. The number of aryl methyl sites for hydroxylation is 1. The van der Waals surface area contributed by atoms with Crippen molar-refractivity contribution in [3.63, 3.8) is 0 Å². The van der Waals surface area contributed by atoms with Crippen molar-refractivity contribution in [1.29, 1.82) is 0 Å². The van der Waals surface area contributed by atoms with Crippen LogP contribution in [0.4, 0.5) is 0 Å². The monoisotopic (exact) mass is 208 g/mol. The number of hydrogen-bond donors (Lipinski definition) is 2. The molecule has 1 aromatic rings. The quantitative estimate of drug-likeness (QED) is 0.582. The van der Waals surface area contributed by atoms with Crippen LogP contribution in [0.5, 0.6) is 0 Å². The van der Waals surface area contributed by atoms with E-state index < -0.39 is 0 Å². The van der Waals surface area contributed by atoms with Crippen LogP contribution in [0.15, 0.2) is 12.4 Å². The van der Waals surface area contributed by atoms with Crippen LogP contribution >= 0.6 is 0 Å². The summed E-state index contributed by atoms with van der Waals surface area (Å²) in [6.45, 7) is 2.32. The first-order valence-corrected chi connectivity index (χ1v) is 5.65. The highest BCUT2D eigenvalue weighted by molar-refractivity contribution is 5.12. The number of nitrogens with two attached hydrogens (primary N) is 1. The van der Waals surface area contributed by atoms with E-state index in [0.29, 0.717) is 5.92 Å². The van der Waals surface area contributed by atoms with Crippen molar-refractivity contribution in [2.24, 2.45) is 24.7 Å². The van der Waals surface area contributed by atoms with Crippen LogP contribution in [-0.4, -0.2) is 9.78 Å². The molecule has 2 rings (SSSR count). The van der Waals surface area contributed by atoms with Crippen molar-refractivity contribution < 1.29 is 0 Å². The zero-order valence-electron chi connectivity index (χ0n) is 9.48. The molecule has 0 amide bonds. The Kier molecular flexibility index (Phi) is 3.07. The van der Waals surface area contributed by atoms with Gasteiger partial charge >= 0.3 is 0 Å². The summed E-state index contributed by atoms with van der Waals surface area (Å²) in [5.74, 6) is 7.15. The average molecular weight is 208 g/mol. The second-order valence-corrected chi connectivity index (χ2v) is 4.77. The van der Waals surface area contributed by atoms with Crippen molar-refractivity contribution in [1.82, 2.24) is 15.2 Å². The average Bonchev–Trinajstić information content (AvgIpc) is 2.78. The molecule has 1 aromatic heterocycles. The lowest BCUT2D eigenvalue weighted by atomic mass is 9.93. The maximum Gasteiger partial charge on any atom is 0.0538 e. The minimum atomic E-state index is 0.267. The smallest absolute Gasteiger partial charge is 0.0538 e. The highest BCUT2D eigenvalue weighted by atomic mass is 15.3. The molecule has 1 fully saturated rings.